The molecule has 0 heterocycles. The number of carbonyl (C=O) groups is 1. The molecule has 54 valence electrons. The van der Waals surface area contributed by atoms with Crippen LogP contribution in [0.1, 0.15) is 25.7 Å². The molecular weight excluding hydrogens is 124 g/mol. The normalized spacial score (nSPS) is 56.6. The number of hydrogen-bond donors (Lipinski definition) is 0. The van der Waals surface area contributed by atoms with E-state index >= 15 is 0 Å². The van der Waals surface area contributed by atoms with Gasteiger partial charge in [-0.1, -0.05) is 0 Å². The molecule has 3 aliphatic rings. The Labute approximate surface area is 60.8 Å². The zero-order valence-corrected chi connectivity index (χ0v) is 6.05. The van der Waals surface area contributed by atoms with Crippen LogP contribution in [0.2, 0.25) is 0 Å². The fraction of sp³-hybridized carbons (Fsp3) is 0.889. The second-order valence-corrected chi connectivity index (χ2v) is 4.26. The van der Waals surface area contributed by atoms with Crippen LogP contribution in [0.15, 0.2) is 0 Å². The molecule has 0 amide bonds. The lowest BCUT2D eigenvalue weighted by Crippen LogP contribution is -2.35. The maximum atomic E-state index is 11.3. The van der Waals surface area contributed by atoms with Gasteiger partial charge in [-0.05, 0) is 37.0 Å². The van der Waals surface area contributed by atoms with Gasteiger partial charge in [0.15, 0.2) is 0 Å². The summed E-state index contributed by atoms with van der Waals surface area (Å²) < 4.78 is 0. The highest BCUT2D eigenvalue weighted by Gasteiger charge is 2.53. The minimum Gasteiger partial charge on any atom is -0.299 e. The Hall–Kier alpha value is -0.330. The summed E-state index contributed by atoms with van der Waals surface area (Å²) in [5.74, 6) is 3.88. The number of ketones is 1. The summed E-state index contributed by atoms with van der Waals surface area (Å²) in [7, 11) is 0. The number of carbonyl (C=O) groups excluding carboxylic acids is 1. The molecule has 0 aromatic carbocycles. The minimum atomic E-state index is 0.508. The van der Waals surface area contributed by atoms with Gasteiger partial charge in [0.1, 0.15) is 5.78 Å². The summed E-state index contributed by atoms with van der Waals surface area (Å²) in [6.45, 7) is 0. The molecule has 0 saturated heterocycles. The van der Waals surface area contributed by atoms with Gasteiger partial charge < -0.3 is 0 Å². The Balaban J connectivity index is 1.99. The van der Waals surface area contributed by atoms with E-state index < -0.39 is 0 Å². The molecule has 0 aliphatic heterocycles. The van der Waals surface area contributed by atoms with E-state index in [1.54, 1.807) is 0 Å². The first-order chi connectivity index (χ1) is 4.84. The maximum Gasteiger partial charge on any atom is 0.136 e. The van der Waals surface area contributed by atoms with E-state index in [0.29, 0.717) is 11.7 Å². The molecule has 0 unspecified atom stereocenters. The molecule has 3 fully saturated rings. The molecule has 3 saturated carbocycles. The van der Waals surface area contributed by atoms with Gasteiger partial charge >= 0.3 is 0 Å². The standard InChI is InChI=1S/C9H12O/c10-9-4-6-1-5-2-7(9)3-8(5)6/h5-8H,1-4H2/t5-,6+,7+,8+/m1/s1. The van der Waals surface area contributed by atoms with Gasteiger partial charge in [-0.2, -0.15) is 0 Å². The van der Waals surface area contributed by atoms with Crippen molar-refractivity contribution < 1.29 is 4.79 Å². The fourth-order valence-electron chi connectivity index (χ4n) is 3.30. The van der Waals surface area contributed by atoms with Gasteiger partial charge in [-0.15, -0.1) is 0 Å². The SMILES string of the molecule is O=C1C[C@@H]2C[C@@H]3C[C@H]1C[C@H]23. The molecule has 0 aromatic heterocycles. The second kappa shape index (κ2) is 1.46. The number of rotatable bonds is 0. The van der Waals surface area contributed by atoms with Gasteiger partial charge in [0.25, 0.3) is 0 Å². The summed E-state index contributed by atoms with van der Waals surface area (Å²) in [6, 6.07) is 0. The highest BCUT2D eigenvalue weighted by atomic mass is 16.1. The third kappa shape index (κ3) is 0.446. The Morgan fingerprint density at radius 1 is 1.10 bits per heavy atom. The smallest absolute Gasteiger partial charge is 0.136 e. The van der Waals surface area contributed by atoms with Crippen LogP contribution >= 0.6 is 0 Å². The molecule has 0 aromatic rings. The van der Waals surface area contributed by atoms with Gasteiger partial charge in [0.05, 0.1) is 0 Å². The Morgan fingerprint density at radius 2 is 2.00 bits per heavy atom. The van der Waals surface area contributed by atoms with Crippen molar-refractivity contribution >= 4 is 5.78 Å². The van der Waals surface area contributed by atoms with Crippen LogP contribution < -0.4 is 0 Å². The van der Waals surface area contributed by atoms with Crippen LogP contribution in [-0.2, 0) is 4.79 Å². The first kappa shape index (κ1) is 5.34. The van der Waals surface area contributed by atoms with E-state index in [2.05, 4.69) is 0 Å². The summed E-state index contributed by atoms with van der Waals surface area (Å²) in [4.78, 5) is 11.3. The molecule has 3 rings (SSSR count). The molecule has 0 spiro atoms. The molecule has 2 bridgehead atoms. The average Bonchev–Trinajstić information content (AvgIpc) is 2.04. The first-order valence-electron chi connectivity index (χ1n) is 4.37. The number of hydrogen-bond acceptors (Lipinski definition) is 1. The molecule has 0 radical (unpaired) electrons. The lowest BCUT2D eigenvalue weighted by Gasteiger charge is -2.41. The zero-order chi connectivity index (χ0) is 6.72. The Morgan fingerprint density at radius 3 is 2.90 bits per heavy atom. The van der Waals surface area contributed by atoms with Crippen molar-refractivity contribution in [3.63, 3.8) is 0 Å². The van der Waals surface area contributed by atoms with Crippen molar-refractivity contribution in [3.8, 4) is 0 Å². The molecule has 3 aliphatic carbocycles. The van der Waals surface area contributed by atoms with Crippen molar-refractivity contribution in [3.05, 3.63) is 0 Å². The topological polar surface area (TPSA) is 17.1 Å². The van der Waals surface area contributed by atoms with Crippen molar-refractivity contribution in [2.75, 3.05) is 0 Å². The van der Waals surface area contributed by atoms with E-state index in [0.717, 1.165) is 24.2 Å². The summed E-state index contributed by atoms with van der Waals surface area (Å²) in [6.07, 6.45) is 4.83. The van der Waals surface area contributed by atoms with Crippen molar-refractivity contribution in [1.82, 2.24) is 0 Å². The quantitative estimate of drug-likeness (QED) is 0.494. The van der Waals surface area contributed by atoms with E-state index in [1.807, 2.05) is 0 Å². The molecule has 4 atom stereocenters. The van der Waals surface area contributed by atoms with Crippen LogP contribution in [0.4, 0.5) is 0 Å². The van der Waals surface area contributed by atoms with Crippen molar-refractivity contribution in [2.24, 2.45) is 23.7 Å². The van der Waals surface area contributed by atoms with E-state index in [9.17, 15) is 4.79 Å². The largest absolute Gasteiger partial charge is 0.299 e. The third-order valence-electron chi connectivity index (χ3n) is 3.88. The average molecular weight is 136 g/mol. The van der Waals surface area contributed by atoms with Crippen molar-refractivity contribution in [2.45, 2.75) is 25.7 Å². The zero-order valence-electron chi connectivity index (χ0n) is 6.05. The van der Waals surface area contributed by atoms with Crippen LogP contribution in [-0.4, -0.2) is 5.78 Å². The maximum absolute atomic E-state index is 11.3. The molecule has 1 nitrogen and oxygen atoms in total. The van der Waals surface area contributed by atoms with E-state index in [1.165, 1.54) is 19.3 Å². The Bertz CT molecular complexity index is 195. The van der Waals surface area contributed by atoms with E-state index in [4.69, 9.17) is 0 Å². The first-order valence-corrected chi connectivity index (χ1v) is 4.37. The van der Waals surface area contributed by atoms with Gasteiger partial charge in [0, 0.05) is 12.3 Å². The summed E-state index contributed by atoms with van der Waals surface area (Å²) >= 11 is 0. The molecule has 1 heteroatoms. The monoisotopic (exact) mass is 136 g/mol. The number of fused-ring (bicyclic) bond motifs is 1. The van der Waals surface area contributed by atoms with Crippen LogP contribution in [0.3, 0.4) is 0 Å². The predicted molar refractivity (Wildman–Crippen MR) is 37.4 cm³/mol. The van der Waals surface area contributed by atoms with E-state index in [-0.39, 0.29) is 0 Å². The predicted octanol–water partition coefficient (Wildman–Crippen LogP) is 1.62. The highest BCUT2D eigenvalue weighted by molar-refractivity contribution is 5.83. The Kier molecular flexibility index (Phi) is 0.781. The van der Waals surface area contributed by atoms with Gasteiger partial charge in [-0.3, -0.25) is 4.79 Å². The van der Waals surface area contributed by atoms with Crippen LogP contribution in [0, 0.1) is 23.7 Å². The van der Waals surface area contributed by atoms with Crippen LogP contribution in [0.25, 0.3) is 0 Å². The van der Waals surface area contributed by atoms with Gasteiger partial charge in [0.2, 0.25) is 0 Å². The summed E-state index contributed by atoms with van der Waals surface area (Å²) in [5.41, 5.74) is 0. The molecular formula is C9H12O. The van der Waals surface area contributed by atoms with Gasteiger partial charge in [-0.25, -0.2) is 0 Å². The molecule has 0 N–H and O–H groups in total. The minimum absolute atomic E-state index is 0.508. The number of Topliss-reactive ketones (excluding diaryl/α,β-unsaturated/α-hetero) is 1. The second-order valence-electron chi connectivity index (χ2n) is 4.26. The fourth-order valence-corrected chi connectivity index (χ4v) is 3.30. The lowest BCUT2D eigenvalue weighted by molar-refractivity contribution is -0.126. The van der Waals surface area contributed by atoms with Crippen LogP contribution in [0.5, 0.6) is 0 Å². The summed E-state index contributed by atoms with van der Waals surface area (Å²) in [5, 5.41) is 0. The third-order valence-corrected chi connectivity index (χ3v) is 3.88. The lowest BCUT2D eigenvalue weighted by atomic mass is 9.64. The highest BCUT2D eigenvalue weighted by Crippen LogP contribution is 2.58. The molecule has 10 heavy (non-hydrogen) atoms. The van der Waals surface area contributed by atoms with Crippen molar-refractivity contribution in [1.29, 1.82) is 0 Å².